The number of ether oxygens (including phenoxy) is 3. The summed E-state index contributed by atoms with van der Waals surface area (Å²) in [7, 11) is 1.56. The lowest BCUT2D eigenvalue weighted by molar-refractivity contribution is -0.274. The summed E-state index contributed by atoms with van der Waals surface area (Å²) in [4.78, 5) is 21.5. The van der Waals surface area contributed by atoms with Gasteiger partial charge in [-0.15, -0.1) is 13.2 Å². The molecule has 10 nitrogen and oxygen atoms in total. The van der Waals surface area contributed by atoms with Crippen molar-refractivity contribution in [2.24, 2.45) is 5.92 Å². The number of benzene rings is 2. The predicted molar refractivity (Wildman–Crippen MR) is 127 cm³/mol. The van der Waals surface area contributed by atoms with Gasteiger partial charge in [-0.3, -0.25) is 10.1 Å². The Hall–Kier alpha value is -3.84. The third kappa shape index (κ3) is 5.78. The number of amides is 1. The molecule has 5 rings (SSSR count). The number of carbonyl (C=O) groups is 1. The first-order valence-corrected chi connectivity index (χ1v) is 11.6. The Morgan fingerprint density at radius 2 is 2.05 bits per heavy atom. The molecule has 4 aromatic rings. The van der Waals surface area contributed by atoms with Crippen molar-refractivity contribution in [1.82, 2.24) is 19.9 Å². The second-order valence-electron chi connectivity index (χ2n) is 8.55. The number of imidazole rings is 1. The number of oxazole rings is 1. The molecule has 1 fully saturated rings. The van der Waals surface area contributed by atoms with Gasteiger partial charge in [0.2, 0.25) is 5.95 Å². The van der Waals surface area contributed by atoms with E-state index in [1.165, 1.54) is 6.07 Å². The molecule has 0 bridgehead atoms. The van der Waals surface area contributed by atoms with E-state index < -0.39 is 12.1 Å². The van der Waals surface area contributed by atoms with Gasteiger partial charge in [-0.1, -0.05) is 0 Å². The number of nitrogens with zero attached hydrogens (tertiary/aromatic N) is 3. The van der Waals surface area contributed by atoms with Crippen LogP contribution in [0.2, 0.25) is 0 Å². The fourth-order valence-electron chi connectivity index (χ4n) is 4.16. The van der Waals surface area contributed by atoms with Crippen molar-refractivity contribution in [2.45, 2.75) is 19.3 Å². The lowest BCUT2D eigenvalue weighted by atomic mass is 10.1. The minimum Gasteiger partial charge on any atom is -0.423 e. The molecular weight excluding hydrogens is 495 g/mol. The zero-order valence-corrected chi connectivity index (χ0v) is 19.8. The van der Waals surface area contributed by atoms with Gasteiger partial charge in [0.05, 0.1) is 24.2 Å². The first-order chi connectivity index (χ1) is 17.8. The third-order valence-corrected chi connectivity index (χ3v) is 5.88. The van der Waals surface area contributed by atoms with Crippen molar-refractivity contribution >= 4 is 40.0 Å². The van der Waals surface area contributed by atoms with Crippen LogP contribution in [0.25, 0.3) is 22.1 Å². The molecule has 1 atom stereocenters. The fourth-order valence-corrected chi connectivity index (χ4v) is 4.16. The monoisotopic (exact) mass is 519 g/mol. The summed E-state index contributed by atoms with van der Waals surface area (Å²) >= 11 is 0. The summed E-state index contributed by atoms with van der Waals surface area (Å²) < 4.78 is 59.7. The largest absolute Gasteiger partial charge is 0.573 e. The van der Waals surface area contributed by atoms with Crippen molar-refractivity contribution in [3.8, 4) is 5.75 Å². The summed E-state index contributed by atoms with van der Waals surface area (Å²) in [6.45, 7) is 2.67. The van der Waals surface area contributed by atoms with Crippen molar-refractivity contribution in [3.63, 3.8) is 0 Å². The number of rotatable bonds is 9. The Morgan fingerprint density at radius 1 is 1.19 bits per heavy atom. The summed E-state index contributed by atoms with van der Waals surface area (Å²) in [5.41, 5.74) is 2.28. The van der Waals surface area contributed by atoms with E-state index in [4.69, 9.17) is 13.9 Å². The van der Waals surface area contributed by atoms with Gasteiger partial charge in [-0.25, -0.2) is 4.98 Å². The van der Waals surface area contributed by atoms with Gasteiger partial charge in [0.15, 0.2) is 5.58 Å². The molecule has 2 aromatic carbocycles. The van der Waals surface area contributed by atoms with Gasteiger partial charge in [-0.05, 0) is 36.8 Å². The number of aromatic nitrogens is 3. The van der Waals surface area contributed by atoms with Gasteiger partial charge >= 0.3 is 12.4 Å². The van der Waals surface area contributed by atoms with Gasteiger partial charge in [-0.2, -0.15) is 4.98 Å². The molecule has 1 unspecified atom stereocenters. The zero-order chi connectivity index (χ0) is 26.0. The highest BCUT2D eigenvalue weighted by molar-refractivity contribution is 5.97. The van der Waals surface area contributed by atoms with Crippen molar-refractivity contribution in [2.75, 3.05) is 38.8 Å². The summed E-state index contributed by atoms with van der Waals surface area (Å²) in [5.74, 6) is 0.0216. The van der Waals surface area contributed by atoms with Crippen LogP contribution in [-0.4, -0.2) is 60.3 Å². The number of methoxy groups -OCH3 is 1. The van der Waals surface area contributed by atoms with E-state index >= 15 is 0 Å². The van der Waals surface area contributed by atoms with Crippen molar-refractivity contribution < 1.29 is 36.6 Å². The molecule has 0 spiro atoms. The van der Waals surface area contributed by atoms with Crippen LogP contribution in [0, 0.1) is 5.92 Å². The number of anilines is 2. The van der Waals surface area contributed by atoms with Gasteiger partial charge in [0.25, 0.3) is 5.91 Å². The van der Waals surface area contributed by atoms with Crippen LogP contribution in [0.4, 0.5) is 25.1 Å². The highest BCUT2D eigenvalue weighted by Crippen LogP contribution is 2.31. The lowest BCUT2D eigenvalue weighted by Gasteiger charge is -2.13. The van der Waals surface area contributed by atoms with Crippen LogP contribution in [0.1, 0.15) is 16.8 Å². The number of alkyl halides is 3. The molecule has 37 heavy (non-hydrogen) atoms. The average molecular weight is 519 g/mol. The lowest BCUT2D eigenvalue weighted by Crippen LogP contribution is -2.26. The van der Waals surface area contributed by atoms with Crippen LogP contribution in [-0.2, 0) is 16.0 Å². The number of halogens is 3. The normalized spacial score (nSPS) is 15.9. The Morgan fingerprint density at radius 3 is 2.81 bits per heavy atom. The zero-order valence-electron chi connectivity index (χ0n) is 19.8. The minimum absolute atomic E-state index is 0.0518. The standard InChI is InChI=1S/C24H24F3N5O5/c1-34-9-7-28-21(33)15-2-5-19-18(10-15)29-22(32(19)12-14-6-8-35-13-14)31-23-30-17-4-3-16(11-20(17)36-23)37-24(25,26)27/h2-5,10-11,14H,6-9,12-13H2,1H3,(H,28,33)(H,29,30,31). The first-order valence-electron chi connectivity index (χ1n) is 11.6. The molecular formula is C24H24F3N5O5. The van der Waals surface area contributed by atoms with E-state index in [2.05, 4.69) is 25.3 Å². The van der Waals surface area contributed by atoms with E-state index in [1.807, 2.05) is 10.6 Å². The van der Waals surface area contributed by atoms with Crippen LogP contribution in [0.15, 0.2) is 40.8 Å². The first kappa shape index (κ1) is 24.8. The van der Waals surface area contributed by atoms with Crippen molar-refractivity contribution in [1.29, 1.82) is 0 Å². The Labute approximate surface area is 208 Å². The molecule has 1 aliphatic rings. The second kappa shape index (κ2) is 10.3. The Bertz CT molecular complexity index is 1410. The Balaban J connectivity index is 1.45. The molecule has 0 radical (unpaired) electrons. The maximum Gasteiger partial charge on any atom is 0.573 e. The highest BCUT2D eigenvalue weighted by Gasteiger charge is 2.31. The van der Waals surface area contributed by atoms with E-state index in [0.29, 0.717) is 55.5 Å². The minimum atomic E-state index is -4.82. The molecule has 0 aliphatic carbocycles. The van der Waals surface area contributed by atoms with Crippen LogP contribution in [0.5, 0.6) is 5.75 Å². The smallest absolute Gasteiger partial charge is 0.423 e. The maximum atomic E-state index is 12.6. The summed E-state index contributed by atoms with van der Waals surface area (Å²) in [6.07, 6.45) is -3.92. The fraction of sp³-hybridized carbons (Fsp3) is 0.375. The van der Waals surface area contributed by atoms with Gasteiger partial charge in [0, 0.05) is 44.4 Å². The maximum absolute atomic E-state index is 12.6. The number of hydrogen-bond acceptors (Lipinski definition) is 8. The van der Waals surface area contributed by atoms with Gasteiger partial charge < -0.3 is 28.5 Å². The number of hydrogen-bond donors (Lipinski definition) is 2. The highest BCUT2D eigenvalue weighted by atomic mass is 19.4. The number of fused-ring (bicyclic) bond motifs is 2. The number of carbonyl (C=O) groups excluding carboxylic acids is 1. The SMILES string of the molecule is COCCNC(=O)c1ccc2c(c1)nc(Nc1nc3ccc(OC(F)(F)F)cc3o1)n2CC1CCOC1. The van der Waals surface area contributed by atoms with Crippen molar-refractivity contribution in [3.05, 3.63) is 42.0 Å². The molecule has 13 heteroatoms. The molecule has 0 saturated carbocycles. The van der Waals surface area contributed by atoms with Crippen LogP contribution >= 0.6 is 0 Å². The van der Waals surface area contributed by atoms with E-state index in [-0.39, 0.29) is 23.4 Å². The molecule has 3 heterocycles. The third-order valence-electron chi connectivity index (χ3n) is 5.88. The molecule has 1 amide bonds. The second-order valence-corrected chi connectivity index (χ2v) is 8.55. The topological polar surface area (TPSA) is 113 Å². The van der Waals surface area contributed by atoms with Crippen LogP contribution < -0.4 is 15.4 Å². The Kier molecular flexibility index (Phi) is 6.89. The van der Waals surface area contributed by atoms with E-state index in [9.17, 15) is 18.0 Å². The van der Waals surface area contributed by atoms with Gasteiger partial charge in [0.1, 0.15) is 11.3 Å². The van der Waals surface area contributed by atoms with E-state index in [0.717, 1.165) is 24.1 Å². The number of nitrogens with one attached hydrogen (secondary N) is 2. The molecule has 1 aliphatic heterocycles. The molecule has 2 N–H and O–H groups in total. The average Bonchev–Trinajstić information content (AvgIpc) is 3.57. The molecule has 196 valence electrons. The molecule has 1 saturated heterocycles. The predicted octanol–water partition coefficient (Wildman–Crippen LogP) is 4.23. The molecule has 2 aromatic heterocycles. The summed E-state index contributed by atoms with van der Waals surface area (Å²) in [5, 5.41) is 5.82. The van der Waals surface area contributed by atoms with E-state index in [1.54, 1.807) is 19.2 Å². The van der Waals surface area contributed by atoms with Crippen LogP contribution in [0.3, 0.4) is 0 Å². The summed E-state index contributed by atoms with van der Waals surface area (Å²) in [6, 6.07) is 8.94. The quantitative estimate of drug-likeness (QED) is 0.316.